The van der Waals surface area contributed by atoms with Crippen LogP contribution in [0.3, 0.4) is 0 Å². The van der Waals surface area contributed by atoms with Gasteiger partial charge in [-0.1, -0.05) is 0 Å². The second kappa shape index (κ2) is 4.78. The number of hydrogen-bond acceptors (Lipinski definition) is 3. The highest BCUT2D eigenvalue weighted by atomic mass is 19.1. The number of nitrogens with zero attached hydrogens (tertiary/aromatic N) is 4. The monoisotopic (exact) mass is 288 g/mol. The van der Waals surface area contributed by atoms with Crippen molar-refractivity contribution in [3.05, 3.63) is 35.4 Å². The van der Waals surface area contributed by atoms with Crippen molar-refractivity contribution in [1.29, 1.82) is 0 Å². The second-order valence-electron chi connectivity index (χ2n) is 5.96. The summed E-state index contributed by atoms with van der Waals surface area (Å²) < 4.78 is 13.9. The van der Waals surface area contributed by atoms with Crippen LogP contribution >= 0.6 is 0 Å². The molecule has 1 aromatic rings. The van der Waals surface area contributed by atoms with Crippen molar-refractivity contribution in [2.75, 3.05) is 13.1 Å². The van der Waals surface area contributed by atoms with Gasteiger partial charge in [-0.3, -0.25) is 14.8 Å². The number of amides is 1. The number of carbonyl (C=O) groups is 1. The van der Waals surface area contributed by atoms with Crippen molar-refractivity contribution < 1.29 is 9.18 Å². The Morgan fingerprint density at radius 2 is 2.33 bits per heavy atom. The average Bonchev–Trinajstić information content (AvgIpc) is 2.99. The maximum Gasteiger partial charge on any atom is 0.247 e. The molecule has 0 saturated carbocycles. The summed E-state index contributed by atoms with van der Waals surface area (Å²) in [4.78, 5) is 20.1. The summed E-state index contributed by atoms with van der Waals surface area (Å²) in [5.41, 5.74) is 0.318. The fourth-order valence-electron chi connectivity index (χ4n) is 3.12. The molecule has 3 heterocycles. The van der Waals surface area contributed by atoms with E-state index in [1.54, 1.807) is 24.2 Å². The minimum Gasteiger partial charge on any atom is -0.276 e. The lowest BCUT2D eigenvalue weighted by Crippen LogP contribution is -2.39. The molecule has 6 heteroatoms. The largest absolute Gasteiger partial charge is 0.276 e. The molecule has 21 heavy (non-hydrogen) atoms. The van der Waals surface area contributed by atoms with Gasteiger partial charge in [0, 0.05) is 25.5 Å². The lowest BCUT2D eigenvalue weighted by atomic mass is 9.85. The van der Waals surface area contributed by atoms with Crippen LogP contribution in [-0.2, 0) is 4.79 Å². The first-order valence-corrected chi connectivity index (χ1v) is 7.02. The number of alkyl halides is 1. The zero-order chi connectivity index (χ0) is 15.2. The van der Waals surface area contributed by atoms with E-state index >= 15 is 0 Å². The predicted molar refractivity (Wildman–Crippen MR) is 75.0 cm³/mol. The first-order chi connectivity index (χ1) is 9.97. The van der Waals surface area contributed by atoms with E-state index in [4.69, 9.17) is 6.57 Å². The van der Waals surface area contributed by atoms with Gasteiger partial charge in [-0.05, 0) is 31.9 Å². The van der Waals surface area contributed by atoms with Crippen LogP contribution in [0.5, 0.6) is 0 Å². The summed E-state index contributed by atoms with van der Waals surface area (Å²) in [7, 11) is 0. The number of halogens is 1. The quantitative estimate of drug-likeness (QED) is 0.785. The van der Waals surface area contributed by atoms with Gasteiger partial charge in [0.1, 0.15) is 6.17 Å². The van der Waals surface area contributed by atoms with E-state index in [9.17, 15) is 9.18 Å². The first-order valence-electron chi connectivity index (χ1n) is 7.02. The molecule has 2 aliphatic rings. The summed E-state index contributed by atoms with van der Waals surface area (Å²) in [5, 5.41) is 3.59. The molecule has 0 spiro atoms. The van der Waals surface area contributed by atoms with Crippen molar-refractivity contribution in [2.45, 2.75) is 32.5 Å². The molecule has 0 radical (unpaired) electrons. The van der Waals surface area contributed by atoms with Crippen molar-refractivity contribution in [3.63, 3.8) is 0 Å². The first kappa shape index (κ1) is 14.0. The molecule has 0 aliphatic carbocycles. The van der Waals surface area contributed by atoms with Gasteiger partial charge in [-0.25, -0.2) is 14.2 Å². The molecule has 2 saturated heterocycles. The lowest BCUT2D eigenvalue weighted by Gasteiger charge is -2.27. The van der Waals surface area contributed by atoms with E-state index < -0.39 is 11.6 Å². The third-order valence-electron chi connectivity index (χ3n) is 4.60. The summed E-state index contributed by atoms with van der Waals surface area (Å²) in [5.74, 6) is -0.173. The summed E-state index contributed by atoms with van der Waals surface area (Å²) in [6, 6.07) is 1.61. The molecule has 2 unspecified atom stereocenters. The van der Waals surface area contributed by atoms with Crippen LogP contribution in [0.4, 0.5) is 10.1 Å². The zero-order valence-electron chi connectivity index (χ0n) is 12.1. The third-order valence-corrected chi connectivity index (χ3v) is 4.60. The molecule has 2 aliphatic heterocycles. The maximum atomic E-state index is 13.9. The van der Waals surface area contributed by atoms with E-state index in [1.165, 1.54) is 13.1 Å². The van der Waals surface area contributed by atoms with E-state index in [0.717, 1.165) is 18.5 Å². The molecule has 1 aromatic heterocycles. The van der Waals surface area contributed by atoms with E-state index in [1.807, 2.05) is 5.01 Å². The Morgan fingerprint density at radius 1 is 1.57 bits per heavy atom. The number of pyridine rings is 1. The molecule has 0 N–H and O–H groups in total. The molecule has 0 aromatic carbocycles. The highest BCUT2D eigenvalue weighted by molar-refractivity contribution is 5.85. The minimum absolute atomic E-state index is 0.146. The molecular formula is C15H17FN4O. The Bertz CT molecular complexity index is 626. The SMILES string of the molecule is [C-]#[N+]c1cncc([C@@H]2CCN3CC(C)(C(C)F)C(=O)N23)c1. The lowest BCUT2D eigenvalue weighted by molar-refractivity contribution is -0.144. The molecule has 3 rings (SSSR count). The molecule has 110 valence electrons. The Kier molecular flexibility index (Phi) is 3.18. The zero-order valence-corrected chi connectivity index (χ0v) is 12.1. The molecule has 3 atom stereocenters. The van der Waals surface area contributed by atoms with Crippen LogP contribution in [0.1, 0.15) is 31.9 Å². The maximum absolute atomic E-state index is 13.9. The van der Waals surface area contributed by atoms with Gasteiger partial charge >= 0.3 is 0 Å². The normalized spacial score (nSPS) is 30.3. The van der Waals surface area contributed by atoms with Crippen LogP contribution in [-0.4, -0.2) is 40.2 Å². The van der Waals surface area contributed by atoms with E-state index in [-0.39, 0.29) is 11.9 Å². The standard InChI is InChI=1S/C15H17FN4O/c1-10(16)15(2)9-19-5-4-13(20(19)14(15)21)11-6-12(17-3)8-18-7-11/h6-8,10,13H,4-5,9H2,1-2H3/t10?,13-,15?/m0/s1. The van der Waals surface area contributed by atoms with Gasteiger partial charge in [0.15, 0.2) is 0 Å². The highest BCUT2D eigenvalue weighted by Gasteiger charge is 2.55. The van der Waals surface area contributed by atoms with Gasteiger partial charge in [0.2, 0.25) is 11.6 Å². The van der Waals surface area contributed by atoms with Gasteiger partial charge in [0.05, 0.1) is 18.0 Å². The number of fused-ring (bicyclic) bond motifs is 1. The van der Waals surface area contributed by atoms with Crippen LogP contribution in [0.15, 0.2) is 18.5 Å². The Balaban J connectivity index is 1.94. The fourth-order valence-corrected chi connectivity index (χ4v) is 3.12. The van der Waals surface area contributed by atoms with Crippen LogP contribution in [0.2, 0.25) is 0 Å². The van der Waals surface area contributed by atoms with Crippen LogP contribution < -0.4 is 0 Å². The van der Waals surface area contributed by atoms with Gasteiger partial charge in [-0.2, -0.15) is 0 Å². The predicted octanol–water partition coefficient (Wildman–Crippen LogP) is 2.50. The van der Waals surface area contributed by atoms with Crippen LogP contribution in [0.25, 0.3) is 4.85 Å². The topological polar surface area (TPSA) is 40.8 Å². The molecular weight excluding hydrogens is 271 g/mol. The Morgan fingerprint density at radius 3 is 3.00 bits per heavy atom. The highest BCUT2D eigenvalue weighted by Crippen LogP contribution is 2.44. The number of aromatic nitrogens is 1. The average molecular weight is 288 g/mol. The smallest absolute Gasteiger partial charge is 0.247 e. The van der Waals surface area contributed by atoms with Gasteiger partial charge in [0.25, 0.3) is 0 Å². The van der Waals surface area contributed by atoms with Crippen molar-refractivity contribution in [3.8, 4) is 0 Å². The van der Waals surface area contributed by atoms with Gasteiger partial charge < -0.3 is 0 Å². The van der Waals surface area contributed by atoms with Gasteiger partial charge in [-0.15, -0.1) is 0 Å². The Labute approximate surface area is 123 Å². The fraction of sp³-hybridized carbons (Fsp3) is 0.533. The van der Waals surface area contributed by atoms with Crippen molar-refractivity contribution in [2.24, 2.45) is 5.41 Å². The van der Waals surface area contributed by atoms with Crippen molar-refractivity contribution >= 4 is 11.6 Å². The third kappa shape index (κ3) is 2.00. The number of carbonyl (C=O) groups excluding carboxylic acids is 1. The molecule has 5 nitrogen and oxygen atoms in total. The summed E-state index contributed by atoms with van der Waals surface area (Å²) in [6.07, 6.45) is 2.78. The number of rotatable bonds is 2. The minimum atomic E-state index is -1.19. The summed E-state index contributed by atoms with van der Waals surface area (Å²) in [6.45, 7) is 11.3. The Hall–Kier alpha value is -2.00. The number of hydrazine groups is 1. The van der Waals surface area contributed by atoms with E-state index in [0.29, 0.717) is 12.2 Å². The molecule has 0 bridgehead atoms. The van der Waals surface area contributed by atoms with Crippen LogP contribution in [0, 0.1) is 12.0 Å². The molecule has 2 fully saturated rings. The van der Waals surface area contributed by atoms with E-state index in [2.05, 4.69) is 9.83 Å². The summed E-state index contributed by atoms with van der Waals surface area (Å²) >= 11 is 0. The second-order valence-corrected chi connectivity index (χ2v) is 5.96. The molecule has 1 amide bonds. The number of hydrogen-bond donors (Lipinski definition) is 0. The van der Waals surface area contributed by atoms with Crippen molar-refractivity contribution in [1.82, 2.24) is 15.0 Å².